The minimum atomic E-state index is -0.693. The minimum absolute atomic E-state index is 0.0358. The van der Waals surface area contributed by atoms with Gasteiger partial charge in [0.1, 0.15) is 0 Å². The third-order valence-corrected chi connectivity index (χ3v) is 11.1. The summed E-state index contributed by atoms with van der Waals surface area (Å²) in [5.41, 5.74) is 0. The van der Waals surface area contributed by atoms with Gasteiger partial charge in [-0.2, -0.15) is 0 Å². The number of nitrogens with one attached hydrogen (secondary N) is 1. The van der Waals surface area contributed by atoms with Gasteiger partial charge in [-0.05, 0) is 44.9 Å². The number of carbonyl (C=O) groups excluding carboxylic acids is 2. The Kier molecular flexibility index (Phi) is 43.2. The van der Waals surface area contributed by atoms with E-state index in [0.717, 1.165) is 70.6 Å². The van der Waals surface area contributed by atoms with Gasteiger partial charge in [0.15, 0.2) is 0 Å². The highest BCUT2D eigenvalue weighted by atomic mass is 16.5. The highest BCUT2D eigenvalue weighted by molar-refractivity contribution is 5.76. The van der Waals surface area contributed by atoms with Crippen molar-refractivity contribution in [3.05, 3.63) is 12.2 Å². The van der Waals surface area contributed by atoms with Crippen LogP contribution in [0.3, 0.4) is 0 Å². The molecule has 0 spiro atoms. The lowest BCUT2D eigenvalue weighted by Gasteiger charge is -2.22. The SMILES string of the molecule is CCCCCCCCCCCCCCCCCCCC(O)C(CO)NC(=O)CCC/C=C\CCCCCCOC(=O)CCCCCCCCCCCCC. The average molecular weight is 764 g/mol. The Balaban J connectivity index is 3.55. The molecule has 1 amide bonds. The number of aliphatic hydroxyl groups excluding tert-OH is 2. The van der Waals surface area contributed by atoms with E-state index in [0.29, 0.717) is 25.9 Å². The summed E-state index contributed by atoms with van der Waals surface area (Å²) in [5, 5.41) is 23.2. The maximum Gasteiger partial charge on any atom is 0.305 e. The fourth-order valence-electron chi connectivity index (χ4n) is 7.35. The first-order valence-electron chi connectivity index (χ1n) is 23.9. The summed E-state index contributed by atoms with van der Waals surface area (Å²) < 4.78 is 5.42. The number of esters is 1. The molecule has 0 saturated carbocycles. The van der Waals surface area contributed by atoms with Crippen LogP contribution in [-0.4, -0.2) is 47.4 Å². The van der Waals surface area contributed by atoms with E-state index in [-0.39, 0.29) is 18.5 Å². The molecule has 2 unspecified atom stereocenters. The molecule has 0 aliphatic carbocycles. The van der Waals surface area contributed by atoms with Gasteiger partial charge in [-0.25, -0.2) is 0 Å². The van der Waals surface area contributed by atoms with Crippen molar-refractivity contribution in [2.24, 2.45) is 0 Å². The standard InChI is InChI=1S/C48H93NO5/c1-3-5-7-9-11-13-15-16-17-18-19-20-22-24-28-32-36-40-46(51)45(44-50)49-47(52)41-37-33-29-25-23-27-31-35-39-43-54-48(53)42-38-34-30-26-21-14-12-10-8-6-4-2/h25,29,45-46,50-51H,3-24,26-28,30-44H2,1-2H3,(H,49,52)/b29-25-. The normalized spacial score (nSPS) is 12.7. The number of allylic oxidation sites excluding steroid dienone is 2. The van der Waals surface area contributed by atoms with Crippen LogP contribution in [0.4, 0.5) is 0 Å². The monoisotopic (exact) mass is 764 g/mol. The Morgan fingerprint density at radius 1 is 0.500 bits per heavy atom. The van der Waals surface area contributed by atoms with Gasteiger partial charge in [0, 0.05) is 12.8 Å². The van der Waals surface area contributed by atoms with E-state index in [1.54, 1.807) is 0 Å². The minimum Gasteiger partial charge on any atom is -0.466 e. The number of amides is 1. The van der Waals surface area contributed by atoms with Gasteiger partial charge in [-0.1, -0.05) is 212 Å². The van der Waals surface area contributed by atoms with Crippen LogP contribution in [0.5, 0.6) is 0 Å². The first-order valence-corrected chi connectivity index (χ1v) is 23.9. The molecule has 0 aromatic heterocycles. The second kappa shape index (κ2) is 44.3. The molecule has 2 atom stereocenters. The molecule has 6 heteroatoms. The van der Waals surface area contributed by atoms with Crippen molar-refractivity contribution in [2.75, 3.05) is 13.2 Å². The number of carbonyl (C=O) groups is 2. The summed E-state index contributed by atoms with van der Waals surface area (Å²) >= 11 is 0. The topological polar surface area (TPSA) is 95.9 Å². The summed E-state index contributed by atoms with van der Waals surface area (Å²) in [7, 11) is 0. The Morgan fingerprint density at radius 2 is 0.889 bits per heavy atom. The number of hydrogen-bond donors (Lipinski definition) is 3. The predicted molar refractivity (Wildman–Crippen MR) is 232 cm³/mol. The van der Waals surface area contributed by atoms with Crippen LogP contribution in [-0.2, 0) is 14.3 Å². The van der Waals surface area contributed by atoms with Crippen LogP contribution in [0.15, 0.2) is 12.2 Å². The Labute approximate surface area is 336 Å². The summed E-state index contributed by atoms with van der Waals surface area (Å²) in [5.74, 6) is -0.130. The fourth-order valence-corrected chi connectivity index (χ4v) is 7.35. The molecule has 0 radical (unpaired) electrons. The van der Waals surface area contributed by atoms with E-state index in [4.69, 9.17) is 4.74 Å². The first-order chi connectivity index (χ1) is 26.5. The van der Waals surface area contributed by atoms with Crippen molar-refractivity contribution in [1.29, 1.82) is 0 Å². The van der Waals surface area contributed by atoms with Crippen molar-refractivity contribution in [3.63, 3.8) is 0 Å². The highest BCUT2D eigenvalue weighted by Crippen LogP contribution is 2.16. The van der Waals surface area contributed by atoms with Crippen molar-refractivity contribution < 1.29 is 24.5 Å². The molecule has 0 aromatic carbocycles. The third kappa shape index (κ3) is 40.3. The Bertz CT molecular complexity index is 802. The zero-order valence-electron chi connectivity index (χ0n) is 36.2. The van der Waals surface area contributed by atoms with Gasteiger partial charge in [0.2, 0.25) is 5.91 Å². The maximum absolute atomic E-state index is 12.4. The summed E-state index contributed by atoms with van der Waals surface area (Å²) in [6.45, 7) is 4.86. The summed E-state index contributed by atoms with van der Waals surface area (Å²) in [6, 6.07) is -0.577. The van der Waals surface area contributed by atoms with Gasteiger partial charge < -0.3 is 20.3 Å². The molecule has 0 rings (SSSR count). The van der Waals surface area contributed by atoms with Crippen molar-refractivity contribution in [3.8, 4) is 0 Å². The predicted octanol–water partition coefficient (Wildman–Crippen LogP) is 13.8. The lowest BCUT2D eigenvalue weighted by Crippen LogP contribution is -2.45. The molecule has 320 valence electrons. The lowest BCUT2D eigenvalue weighted by molar-refractivity contribution is -0.143. The van der Waals surface area contributed by atoms with Crippen LogP contribution in [0.25, 0.3) is 0 Å². The van der Waals surface area contributed by atoms with E-state index in [9.17, 15) is 19.8 Å². The largest absolute Gasteiger partial charge is 0.466 e. The molecule has 6 nitrogen and oxygen atoms in total. The molecule has 0 fully saturated rings. The molecule has 0 aromatic rings. The lowest BCUT2D eigenvalue weighted by atomic mass is 10.0. The second-order valence-electron chi connectivity index (χ2n) is 16.4. The zero-order valence-corrected chi connectivity index (χ0v) is 36.2. The average Bonchev–Trinajstić information content (AvgIpc) is 3.17. The van der Waals surface area contributed by atoms with E-state index in [2.05, 4.69) is 31.3 Å². The van der Waals surface area contributed by atoms with Gasteiger partial charge >= 0.3 is 5.97 Å². The van der Waals surface area contributed by atoms with E-state index >= 15 is 0 Å². The van der Waals surface area contributed by atoms with Crippen LogP contribution >= 0.6 is 0 Å². The van der Waals surface area contributed by atoms with E-state index in [1.165, 1.54) is 154 Å². The van der Waals surface area contributed by atoms with Crippen molar-refractivity contribution in [2.45, 2.75) is 270 Å². The third-order valence-electron chi connectivity index (χ3n) is 11.1. The van der Waals surface area contributed by atoms with Gasteiger partial charge in [0.25, 0.3) is 0 Å². The number of ether oxygens (including phenoxy) is 1. The molecule has 0 aliphatic rings. The van der Waals surface area contributed by atoms with E-state index < -0.39 is 12.1 Å². The Hall–Kier alpha value is -1.40. The van der Waals surface area contributed by atoms with Gasteiger partial charge in [-0.15, -0.1) is 0 Å². The summed E-state index contributed by atoms with van der Waals surface area (Å²) in [4.78, 5) is 24.4. The van der Waals surface area contributed by atoms with Gasteiger partial charge in [0.05, 0.1) is 25.4 Å². The molecule has 0 bridgehead atoms. The molecular weight excluding hydrogens is 671 g/mol. The summed E-state index contributed by atoms with van der Waals surface area (Å²) in [6.07, 6.45) is 48.9. The van der Waals surface area contributed by atoms with Gasteiger partial charge in [-0.3, -0.25) is 9.59 Å². The second-order valence-corrected chi connectivity index (χ2v) is 16.4. The van der Waals surface area contributed by atoms with Crippen LogP contribution in [0, 0.1) is 0 Å². The molecule has 0 saturated heterocycles. The first kappa shape index (κ1) is 52.6. The quantitative estimate of drug-likeness (QED) is 0.0326. The number of aliphatic hydroxyl groups is 2. The highest BCUT2D eigenvalue weighted by Gasteiger charge is 2.20. The maximum atomic E-state index is 12.4. The van der Waals surface area contributed by atoms with Crippen LogP contribution in [0.2, 0.25) is 0 Å². The molecule has 3 N–H and O–H groups in total. The van der Waals surface area contributed by atoms with Crippen molar-refractivity contribution in [1.82, 2.24) is 5.32 Å². The number of rotatable bonds is 44. The van der Waals surface area contributed by atoms with Crippen LogP contribution in [0.1, 0.15) is 258 Å². The molecular formula is C48H93NO5. The van der Waals surface area contributed by atoms with Crippen molar-refractivity contribution >= 4 is 11.9 Å². The van der Waals surface area contributed by atoms with E-state index in [1.807, 2.05) is 0 Å². The smallest absolute Gasteiger partial charge is 0.305 e. The molecule has 0 aliphatic heterocycles. The molecule has 0 heterocycles. The van der Waals surface area contributed by atoms with Crippen LogP contribution < -0.4 is 5.32 Å². The molecule has 54 heavy (non-hydrogen) atoms. The zero-order chi connectivity index (χ0) is 39.4. The number of hydrogen-bond acceptors (Lipinski definition) is 5. The Morgan fingerprint density at radius 3 is 1.35 bits per heavy atom. The fraction of sp³-hybridized carbons (Fsp3) is 0.917. The number of unbranched alkanes of at least 4 members (excludes halogenated alkanes) is 31.